The highest BCUT2D eigenvalue weighted by molar-refractivity contribution is 5.80. The molecule has 0 bridgehead atoms. The van der Waals surface area contributed by atoms with E-state index in [1.165, 1.54) is 0 Å². The number of nitrogens with two attached hydrogens (primary N) is 1. The first kappa shape index (κ1) is 12.4. The first-order chi connectivity index (χ1) is 5.97. The number of nitrogens with one attached hydrogen (secondary N) is 1. The van der Waals surface area contributed by atoms with Crippen LogP contribution in [0, 0.1) is 0 Å². The van der Waals surface area contributed by atoms with Gasteiger partial charge in [0, 0.05) is 12.6 Å². The van der Waals surface area contributed by atoms with Crippen LogP contribution in [-0.2, 0) is 4.79 Å². The normalized spacial score (nSPS) is 13.7. The van der Waals surface area contributed by atoms with Crippen molar-refractivity contribution in [1.82, 2.24) is 10.2 Å². The molecule has 0 spiro atoms. The zero-order valence-corrected chi connectivity index (χ0v) is 9.00. The van der Waals surface area contributed by atoms with E-state index in [1.807, 2.05) is 27.8 Å². The Hall–Kier alpha value is -0.610. The molecule has 0 aliphatic carbocycles. The van der Waals surface area contributed by atoms with Crippen LogP contribution in [0.25, 0.3) is 0 Å². The highest BCUT2D eigenvalue weighted by Crippen LogP contribution is 1.91. The molecule has 1 unspecified atom stereocenters. The molecule has 78 valence electrons. The fourth-order valence-electron chi connectivity index (χ4n) is 1.07. The maximum absolute atomic E-state index is 11.0. The van der Waals surface area contributed by atoms with Gasteiger partial charge in [-0.25, -0.2) is 0 Å². The summed E-state index contributed by atoms with van der Waals surface area (Å²) in [6.07, 6.45) is 0. The van der Waals surface area contributed by atoms with Gasteiger partial charge in [0.2, 0.25) is 5.91 Å². The van der Waals surface area contributed by atoms with Crippen molar-refractivity contribution in [1.29, 1.82) is 0 Å². The summed E-state index contributed by atoms with van der Waals surface area (Å²) >= 11 is 0. The molecule has 0 saturated heterocycles. The molecular weight excluding hydrogens is 166 g/mol. The van der Waals surface area contributed by atoms with Gasteiger partial charge in [0.25, 0.3) is 0 Å². The van der Waals surface area contributed by atoms with Crippen LogP contribution in [0.1, 0.15) is 20.8 Å². The molecule has 3 N–H and O–H groups in total. The molecule has 0 heterocycles. The van der Waals surface area contributed by atoms with Crippen molar-refractivity contribution in [2.45, 2.75) is 32.9 Å². The molecule has 0 saturated carbocycles. The molecule has 1 atom stereocenters. The molecule has 1 amide bonds. The lowest BCUT2D eigenvalue weighted by molar-refractivity contribution is -0.120. The number of carbonyl (C=O) groups is 1. The summed E-state index contributed by atoms with van der Waals surface area (Å²) in [5.74, 6) is -0.283. The Kier molecular flexibility index (Phi) is 5.66. The topological polar surface area (TPSA) is 58.4 Å². The Bertz CT molecular complexity index is 159. The predicted molar refractivity (Wildman–Crippen MR) is 54.4 cm³/mol. The van der Waals surface area contributed by atoms with Gasteiger partial charge in [0.05, 0.1) is 6.04 Å². The van der Waals surface area contributed by atoms with Gasteiger partial charge >= 0.3 is 0 Å². The predicted octanol–water partition coefficient (Wildman–Crippen LogP) is -0.210. The summed E-state index contributed by atoms with van der Waals surface area (Å²) in [5.41, 5.74) is 5.26. The van der Waals surface area contributed by atoms with Crippen LogP contribution in [0.5, 0.6) is 0 Å². The minimum atomic E-state index is -0.283. The lowest BCUT2D eigenvalue weighted by Gasteiger charge is -2.23. The zero-order chi connectivity index (χ0) is 10.4. The van der Waals surface area contributed by atoms with Gasteiger partial charge in [-0.1, -0.05) is 20.8 Å². The first-order valence-corrected chi connectivity index (χ1v) is 4.71. The van der Waals surface area contributed by atoms with E-state index < -0.39 is 0 Å². The maximum Gasteiger partial charge on any atom is 0.235 e. The summed E-state index contributed by atoms with van der Waals surface area (Å²) < 4.78 is 0. The molecule has 0 aliphatic heterocycles. The molecule has 13 heavy (non-hydrogen) atoms. The highest BCUT2D eigenvalue weighted by atomic mass is 16.1. The molecule has 0 aromatic heterocycles. The van der Waals surface area contributed by atoms with Crippen molar-refractivity contribution in [3.8, 4) is 0 Å². The Morgan fingerprint density at radius 3 is 2.38 bits per heavy atom. The Balaban J connectivity index is 4.02. The van der Waals surface area contributed by atoms with E-state index in [1.54, 1.807) is 0 Å². The second kappa shape index (κ2) is 5.94. The Labute approximate surface area is 80.5 Å². The van der Waals surface area contributed by atoms with Gasteiger partial charge < -0.3 is 16.0 Å². The number of hydrogen-bond donors (Lipinski definition) is 2. The number of rotatable bonds is 6. The largest absolute Gasteiger partial charge is 0.368 e. The molecule has 0 aromatic carbocycles. The summed E-state index contributed by atoms with van der Waals surface area (Å²) in [5, 5.41) is 3.13. The van der Waals surface area contributed by atoms with Gasteiger partial charge in [-0.3, -0.25) is 4.79 Å². The average Bonchev–Trinajstić information content (AvgIpc) is 2.02. The number of nitrogens with zero attached hydrogens (tertiary/aromatic N) is 1. The first-order valence-electron chi connectivity index (χ1n) is 4.71. The van der Waals surface area contributed by atoms with E-state index in [0.29, 0.717) is 6.54 Å². The highest BCUT2D eigenvalue weighted by Gasteiger charge is 2.16. The van der Waals surface area contributed by atoms with Gasteiger partial charge in [0.1, 0.15) is 0 Å². The van der Waals surface area contributed by atoms with Crippen molar-refractivity contribution in [2.75, 3.05) is 20.1 Å². The third kappa shape index (κ3) is 5.60. The van der Waals surface area contributed by atoms with Crippen LogP contribution in [-0.4, -0.2) is 43.0 Å². The fraction of sp³-hybridized carbons (Fsp3) is 0.889. The average molecular weight is 187 g/mol. The van der Waals surface area contributed by atoms with Crippen LogP contribution in [0.4, 0.5) is 0 Å². The molecule has 0 radical (unpaired) electrons. The SMILES string of the molecule is CCN(C)CC(NC(C)C)C(N)=O. The number of carbonyl (C=O) groups excluding carboxylic acids is 1. The second-order valence-electron chi connectivity index (χ2n) is 3.63. The van der Waals surface area contributed by atoms with Crippen LogP contribution >= 0.6 is 0 Å². The van der Waals surface area contributed by atoms with Crippen molar-refractivity contribution in [3.05, 3.63) is 0 Å². The minimum absolute atomic E-state index is 0.245. The molecule has 4 nitrogen and oxygen atoms in total. The number of hydrogen-bond acceptors (Lipinski definition) is 3. The summed E-state index contributed by atoms with van der Waals surface area (Å²) in [7, 11) is 1.97. The third-order valence-electron chi connectivity index (χ3n) is 1.91. The zero-order valence-electron chi connectivity index (χ0n) is 9.00. The van der Waals surface area contributed by atoms with Gasteiger partial charge in [0.15, 0.2) is 0 Å². The minimum Gasteiger partial charge on any atom is -0.368 e. The summed E-state index contributed by atoms with van der Waals surface area (Å²) in [6.45, 7) is 7.64. The number of likely N-dealkylation sites (N-methyl/N-ethyl adjacent to an activating group) is 1. The van der Waals surface area contributed by atoms with E-state index in [2.05, 4.69) is 10.2 Å². The van der Waals surface area contributed by atoms with Crippen molar-refractivity contribution in [3.63, 3.8) is 0 Å². The monoisotopic (exact) mass is 187 g/mol. The van der Waals surface area contributed by atoms with E-state index in [4.69, 9.17) is 5.73 Å². The summed E-state index contributed by atoms with van der Waals surface area (Å²) in [6, 6.07) is 0.0349. The molecule has 4 heteroatoms. The van der Waals surface area contributed by atoms with Crippen molar-refractivity contribution >= 4 is 5.91 Å². The quantitative estimate of drug-likeness (QED) is 0.605. The Morgan fingerprint density at radius 1 is 1.54 bits per heavy atom. The van der Waals surface area contributed by atoms with E-state index in [-0.39, 0.29) is 18.0 Å². The summed E-state index contributed by atoms with van der Waals surface area (Å²) in [4.78, 5) is 13.1. The number of amides is 1. The van der Waals surface area contributed by atoms with Gasteiger partial charge in [-0.2, -0.15) is 0 Å². The van der Waals surface area contributed by atoms with Crippen molar-refractivity contribution < 1.29 is 4.79 Å². The Morgan fingerprint density at radius 2 is 2.08 bits per heavy atom. The molecule has 0 fully saturated rings. The van der Waals surface area contributed by atoms with Crippen molar-refractivity contribution in [2.24, 2.45) is 5.73 Å². The fourth-order valence-corrected chi connectivity index (χ4v) is 1.07. The van der Waals surface area contributed by atoms with Crippen LogP contribution < -0.4 is 11.1 Å². The lowest BCUT2D eigenvalue weighted by atomic mass is 10.2. The van der Waals surface area contributed by atoms with E-state index >= 15 is 0 Å². The number of primary amides is 1. The third-order valence-corrected chi connectivity index (χ3v) is 1.91. The molecule has 0 rings (SSSR count). The van der Waals surface area contributed by atoms with E-state index in [0.717, 1.165) is 6.54 Å². The van der Waals surface area contributed by atoms with Gasteiger partial charge in [-0.05, 0) is 13.6 Å². The molecule has 0 aromatic rings. The van der Waals surface area contributed by atoms with Crippen LogP contribution in [0.15, 0.2) is 0 Å². The van der Waals surface area contributed by atoms with Crippen LogP contribution in [0.3, 0.4) is 0 Å². The maximum atomic E-state index is 11.0. The standard InChI is InChI=1S/C9H21N3O/c1-5-12(4)6-8(9(10)13)11-7(2)3/h7-8,11H,5-6H2,1-4H3,(H2,10,13). The molecule has 0 aliphatic rings. The smallest absolute Gasteiger partial charge is 0.235 e. The van der Waals surface area contributed by atoms with Crippen LogP contribution in [0.2, 0.25) is 0 Å². The lowest BCUT2D eigenvalue weighted by Crippen LogP contribution is -2.50. The van der Waals surface area contributed by atoms with Gasteiger partial charge in [-0.15, -0.1) is 0 Å². The second-order valence-corrected chi connectivity index (χ2v) is 3.63. The molecular formula is C9H21N3O. The van der Waals surface area contributed by atoms with E-state index in [9.17, 15) is 4.79 Å².